The van der Waals surface area contributed by atoms with E-state index in [4.69, 9.17) is 0 Å². The molecule has 5 heteroatoms. The van der Waals surface area contributed by atoms with Crippen LogP contribution in [0.15, 0.2) is 30.3 Å². The standard InChI is InChI=1S/C17H23NO4/c1-5-14(18(21)22)13(11-15(19)17(2,3)4)16(20)12-9-7-6-8-10-12/h6-10,13-14H,5,11H2,1-4H3. The first-order valence-corrected chi connectivity index (χ1v) is 7.44. The van der Waals surface area contributed by atoms with Gasteiger partial charge in [0.05, 0.1) is 5.92 Å². The van der Waals surface area contributed by atoms with Crippen LogP contribution < -0.4 is 0 Å². The largest absolute Gasteiger partial charge is 0.299 e. The van der Waals surface area contributed by atoms with Gasteiger partial charge in [0.15, 0.2) is 5.78 Å². The highest BCUT2D eigenvalue weighted by Gasteiger charge is 2.39. The summed E-state index contributed by atoms with van der Waals surface area (Å²) in [6.45, 7) is 6.94. The van der Waals surface area contributed by atoms with Crippen molar-refractivity contribution >= 4 is 11.6 Å². The summed E-state index contributed by atoms with van der Waals surface area (Å²) < 4.78 is 0. The highest BCUT2D eigenvalue weighted by atomic mass is 16.6. The molecule has 0 N–H and O–H groups in total. The van der Waals surface area contributed by atoms with Crippen LogP contribution in [-0.4, -0.2) is 22.5 Å². The number of Topliss-reactive ketones (excluding diaryl/α,β-unsaturated/α-hetero) is 2. The van der Waals surface area contributed by atoms with Crippen molar-refractivity contribution in [1.29, 1.82) is 0 Å². The first-order chi connectivity index (χ1) is 10.2. The van der Waals surface area contributed by atoms with E-state index in [0.717, 1.165) is 0 Å². The second-order valence-electron chi connectivity index (χ2n) is 6.48. The molecule has 120 valence electrons. The Balaban J connectivity index is 3.14. The maximum absolute atomic E-state index is 12.7. The Morgan fingerprint density at radius 2 is 1.73 bits per heavy atom. The normalized spacial score (nSPS) is 14.2. The number of hydrogen-bond acceptors (Lipinski definition) is 4. The van der Waals surface area contributed by atoms with Crippen LogP contribution >= 0.6 is 0 Å². The van der Waals surface area contributed by atoms with E-state index in [2.05, 4.69) is 0 Å². The molecule has 0 bridgehead atoms. The Bertz CT molecular complexity index is 546. The molecule has 1 aromatic rings. The Hall–Kier alpha value is -2.04. The van der Waals surface area contributed by atoms with Gasteiger partial charge in [-0.05, 0) is 0 Å². The van der Waals surface area contributed by atoms with E-state index in [0.29, 0.717) is 5.56 Å². The molecule has 0 aliphatic carbocycles. The lowest BCUT2D eigenvalue weighted by molar-refractivity contribution is -0.529. The molecule has 2 atom stereocenters. The van der Waals surface area contributed by atoms with Gasteiger partial charge in [0.25, 0.3) is 0 Å². The SMILES string of the molecule is CCC(C(CC(=O)C(C)(C)C)C(=O)c1ccccc1)[N+](=O)[O-]. The molecule has 5 nitrogen and oxygen atoms in total. The molecule has 0 saturated heterocycles. The summed E-state index contributed by atoms with van der Waals surface area (Å²) in [7, 11) is 0. The van der Waals surface area contributed by atoms with Crippen molar-refractivity contribution in [3.63, 3.8) is 0 Å². The highest BCUT2D eigenvalue weighted by molar-refractivity contribution is 6.00. The van der Waals surface area contributed by atoms with Crippen LogP contribution in [0, 0.1) is 21.4 Å². The fourth-order valence-electron chi connectivity index (χ4n) is 2.31. The topological polar surface area (TPSA) is 77.3 Å². The minimum absolute atomic E-state index is 0.100. The van der Waals surface area contributed by atoms with Gasteiger partial charge in [-0.15, -0.1) is 0 Å². The summed E-state index contributed by atoms with van der Waals surface area (Å²) in [5.41, 5.74) is -0.209. The zero-order valence-electron chi connectivity index (χ0n) is 13.5. The first-order valence-electron chi connectivity index (χ1n) is 7.44. The van der Waals surface area contributed by atoms with Crippen molar-refractivity contribution in [2.45, 2.75) is 46.6 Å². The molecule has 1 rings (SSSR count). The van der Waals surface area contributed by atoms with Crippen LogP contribution in [0.5, 0.6) is 0 Å². The molecular formula is C17H23NO4. The Labute approximate surface area is 130 Å². The summed E-state index contributed by atoms with van der Waals surface area (Å²) in [4.78, 5) is 35.8. The second-order valence-corrected chi connectivity index (χ2v) is 6.48. The summed E-state index contributed by atoms with van der Waals surface area (Å²) in [6, 6.07) is 7.41. The number of nitro groups is 1. The first kappa shape index (κ1) is 18.0. The van der Waals surface area contributed by atoms with Gasteiger partial charge < -0.3 is 0 Å². The van der Waals surface area contributed by atoms with Gasteiger partial charge in [-0.1, -0.05) is 58.0 Å². The van der Waals surface area contributed by atoms with E-state index < -0.39 is 22.3 Å². The fraction of sp³-hybridized carbons (Fsp3) is 0.529. The Kier molecular flexibility index (Phi) is 5.97. The van der Waals surface area contributed by atoms with Gasteiger partial charge in [0.1, 0.15) is 5.78 Å². The molecule has 0 aromatic heterocycles. The molecule has 22 heavy (non-hydrogen) atoms. The number of nitrogens with zero attached hydrogens (tertiary/aromatic N) is 1. The van der Waals surface area contributed by atoms with E-state index in [1.165, 1.54) is 0 Å². The predicted molar refractivity (Wildman–Crippen MR) is 84.4 cm³/mol. The summed E-state index contributed by atoms with van der Waals surface area (Å²) >= 11 is 0. The number of ketones is 2. The van der Waals surface area contributed by atoms with E-state index in [1.54, 1.807) is 58.0 Å². The van der Waals surface area contributed by atoms with Crippen LogP contribution in [0.25, 0.3) is 0 Å². The zero-order valence-corrected chi connectivity index (χ0v) is 13.5. The van der Waals surface area contributed by atoms with Gasteiger partial charge in [-0.3, -0.25) is 19.7 Å². The van der Waals surface area contributed by atoms with Crippen molar-refractivity contribution in [1.82, 2.24) is 0 Å². The number of carbonyl (C=O) groups excluding carboxylic acids is 2. The molecule has 0 amide bonds. The third-order valence-corrected chi connectivity index (χ3v) is 3.79. The lowest BCUT2D eigenvalue weighted by Crippen LogP contribution is -2.38. The van der Waals surface area contributed by atoms with Gasteiger partial charge in [-0.25, -0.2) is 0 Å². The molecule has 0 saturated carbocycles. The third kappa shape index (κ3) is 4.48. The molecule has 0 aliphatic heterocycles. The Morgan fingerprint density at radius 3 is 2.14 bits per heavy atom. The van der Waals surface area contributed by atoms with Crippen LogP contribution in [0.1, 0.15) is 50.9 Å². The number of hydrogen-bond donors (Lipinski definition) is 0. The van der Waals surface area contributed by atoms with Crippen LogP contribution in [0.2, 0.25) is 0 Å². The molecule has 1 aromatic carbocycles. The van der Waals surface area contributed by atoms with Crippen molar-refractivity contribution in [2.75, 3.05) is 0 Å². The number of rotatable bonds is 7. The molecule has 0 aliphatic rings. The van der Waals surface area contributed by atoms with Gasteiger partial charge in [-0.2, -0.15) is 0 Å². The van der Waals surface area contributed by atoms with Gasteiger partial charge in [0, 0.05) is 28.7 Å². The van der Waals surface area contributed by atoms with Crippen molar-refractivity contribution in [3.05, 3.63) is 46.0 Å². The summed E-state index contributed by atoms with van der Waals surface area (Å²) in [5.74, 6) is -1.39. The van der Waals surface area contributed by atoms with E-state index in [1.807, 2.05) is 0 Å². The molecular weight excluding hydrogens is 282 g/mol. The molecule has 0 radical (unpaired) electrons. The fourth-order valence-corrected chi connectivity index (χ4v) is 2.31. The lowest BCUT2D eigenvalue weighted by atomic mass is 9.79. The van der Waals surface area contributed by atoms with E-state index in [9.17, 15) is 19.7 Å². The minimum Gasteiger partial charge on any atom is -0.299 e. The quantitative estimate of drug-likeness (QED) is 0.438. The van der Waals surface area contributed by atoms with Crippen molar-refractivity contribution in [2.24, 2.45) is 11.3 Å². The van der Waals surface area contributed by atoms with Crippen LogP contribution in [0.4, 0.5) is 0 Å². The van der Waals surface area contributed by atoms with Crippen LogP contribution in [-0.2, 0) is 4.79 Å². The smallest absolute Gasteiger partial charge is 0.223 e. The summed E-state index contributed by atoms with van der Waals surface area (Å²) in [6.07, 6.45) is 0.115. The third-order valence-electron chi connectivity index (χ3n) is 3.79. The predicted octanol–water partition coefficient (Wildman–Crippen LogP) is 3.55. The highest BCUT2D eigenvalue weighted by Crippen LogP contribution is 2.26. The lowest BCUT2D eigenvalue weighted by Gasteiger charge is -2.23. The van der Waals surface area contributed by atoms with Gasteiger partial charge >= 0.3 is 0 Å². The zero-order chi connectivity index (χ0) is 16.9. The molecule has 0 spiro atoms. The molecule has 0 fully saturated rings. The average molecular weight is 305 g/mol. The van der Waals surface area contributed by atoms with E-state index >= 15 is 0 Å². The Morgan fingerprint density at radius 1 is 1.18 bits per heavy atom. The second kappa shape index (κ2) is 7.29. The maximum atomic E-state index is 12.7. The monoisotopic (exact) mass is 305 g/mol. The van der Waals surface area contributed by atoms with Crippen molar-refractivity contribution in [3.8, 4) is 0 Å². The molecule has 2 unspecified atom stereocenters. The van der Waals surface area contributed by atoms with Crippen molar-refractivity contribution < 1.29 is 14.5 Å². The van der Waals surface area contributed by atoms with E-state index in [-0.39, 0.29) is 24.4 Å². The minimum atomic E-state index is -1.04. The average Bonchev–Trinajstić information content (AvgIpc) is 2.45. The van der Waals surface area contributed by atoms with Crippen LogP contribution in [0.3, 0.4) is 0 Å². The van der Waals surface area contributed by atoms with Gasteiger partial charge in [0.2, 0.25) is 6.04 Å². The number of carbonyl (C=O) groups is 2. The summed E-state index contributed by atoms with van der Waals surface area (Å²) in [5, 5.41) is 11.3. The maximum Gasteiger partial charge on any atom is 0.223 e. The molecule has 0 heterocycles. The number of benzene rings is 1.